The Morgan fingerprint density at radius 3 is 2.09 bits per heavy atom. The first-order valence-electron chi connectivity index (χ1n) is 7.64. The van der Waals surface area contributed by atoms with Crippen LogP contribution in [0, 0.1) is 5.92 Å². The van der Waals surface area contributed by atoms with Gasteiger partial charge in [-0.2, -0.15) is 0 Å². The Hall–Kier alpha value is -2.62. The Morgan fingerprint density at radius 1 is 0.957 bits per heavy atom. The zero-order chi connectivity index (χ0) is 17.0. The number of primary amides is 1. The van der Waals surface area contributed by atoms with Gasteiger partial charge in [0.1, 0.15) is 6.04 Å². The molecule has 0 fully saturated rings. The van der Waals surface area contributed by atoms with Gasteiger partial charge >= 0.3 is 0 Å². The minimum absolute atomic E-state index is 0.0506. The molecule has 0 heterocycles. The van der Waals surface area contributed by atoms with Gasteiger partial charge in [-0.15, -0.1) is 0 Å². The van der Waals surface area contributed by atoms with E-state index >= 15 is 0 Å². The first-order chi connectivity index (χ1) is 10.9. The summed E-state index contributed by atoms with van der Waals surface area (Å²) in [6.07, 6.45) is 0. The van der Waals surface area contributed by atoms with Gasteiger partial charge in [0, 0.05) is 12.6 Å². The smallest absolute Gasteiger partial charge is 0.254 e. The van der Waals surface area contributed by atoms with Crippen molar-refractivity contribution < 1.29 is 9.59 Å². The van der Waals surface area contributed by atoms with Gasteiger partial charge in [0.15, 0.2) is 0 Å². The minimum atomic E-state index is -0.633. The normalized spacial score (nSPS) is 12.0. The van der Waals surface area contributed by atoms with Crippen molar-refractivity contribution in [2.75, 3.05) is 7.05 Å². The van der Waals surface area contributed by atoms with Crippen molar-refractivity contribution in [2.24, 2.45) is 11.7 Å². The maximum absolute atomic E-state index is 12.9. The first-order valence-corrected chi connectivity index (χ1v) is 7.64. The molecule has 1 atom stereocenters. The van der Waals surface area contributed by atoms with E-state index in [-0.39, 0.29) is 11.8 Å². The number of amides is 2. The van der Waals surface area contributed by atoms with Gasteiger partial charge in [-0.05, 0) is 23.1 Å². The fourth-order valence-electron chi connectivity index (χ4n) is 2.82. The standard InChI is InChI=1S/C19H22N2O2/c1-13(2)17(18(20)22)21(3)19(23)16-12-8-7-11-15(16)14-9-5-4-6-10-14/h4-13,17H,1-3H3,(H2,20,22)/t17-/m0/s1. The molecule has 0 aliphatic rings. The van der Waals surface area contributed by atoms with Gasteiger partial charge in [-0.3, -0.25) is 9.59 Å². The molecule has 2 aromatic carbocycles. The highest BCUT2D eigenvalue weighted by Crippen LogP contribution is 2.25. The average Bonchev–Trinajstić information content (AvgIpc) is 2.54. The van der Waals surface area contributed by atoms with Crippen LogP contribution in [0.15, 0.2) is 54.6 Å². The van der Waals surface area contributed by atoms with E-state index in [2.05, 4.69) is 0 Å². The Labute approximate surface area is 136 Å². The van der Waals surface area contributed by atoms with Crippen LogP contribution in [0.2, 0.25) is 0 Å². The number of carbonyl (C=O) groups excluding carboxylic acids is 2. The topological polar surface area (TPSA) is 63.4 Å². The Kier molecular flexibility index (Phi) is 5.16. The molecule has 4 heteroatoms. The second kappa shape index (κ2) is 7.09. The largest absolute Gasteiger partial charge is 0.368 e. The van der Waals surface area contributed by atoms with Crippen LogP contribution in [-0.4, -0.2) is 29.8 Å². The monoisotopic (exact) mass is 310 g/mol. The second-order valence-electron chi connectivity index (χ2n) is 5.92. The van der Waals surface area contributed by atoms with Gasteiger partial charge in [0.2, 0.25) is 5.91 Å². The number of nitrogens with two attached hydrogens (primary N) is 1. The molecule has 0 aromatic heterocycles. The highest BCUT2D eigenvalue weighted by molar-refractivity contribution is 6.02. The first kappa shape index (κ1) is 16.7. The summed E-state index contributed by atoms with van der Waals surface area (Å²) in [4.78, 5) is 26.0. The minimum Gasteiger partial charge on any atom is -0.368 e. The van der Waals surface area contributed by atoms with E-state index in [4.69, 9.17) is 5.73 Å². The van der Waals surface area contributed by atoms with Gasteiger partial charge in [0.25, 0.3) is 5.91 Å². The van der Waals surface area contributed by atoms with E-state index < -0.39 is 11.9 Å². The molecule has 0 radical (unpaired) electrons. The van der Waals surface area contributed by atoms with Crippen molar-refractivity contribution in [3.63, 3.8) is 0 Å². The van der Waals surface area contributed by atoms with Crippen molar-refractivity contribution in [1.82, 2.24) is 4.90 Å². The van der Waals surface area contributed by atoms with Crippen LogP contribution in [0.4, 0.5) is 0 Å². The van der Waals surface area contributed by atoms with Gasteiger partial charge in [0.05, 0.1) is 0 Å². The Morgan fingerprint density at radius 2 is 1.52 bits per heavy atom. The summed E-state index contributed by atoms with van der Waals surface area (Å²) in [5.41, 5.74) is 7.84. The zero-order valence-corrected chi connectivity index (χ0v) is 13.7. The molecular formula is C19H22N2O2. The molecule has 0 spiro atoms. The molecule has 2 rings (SSSR count). The number of benzene rings is 2. The molecule has 0 aliphatic heterocycles. The van der Waals surface area contributed by atoms with Crippen molar-refractivity contribution in [3.05, 3.63) is 60.2 Å². The summed E-state index contributed by atoms with van der Waals surface area (Å²) in [6, 6.07) is 16.5. The summed E-state index contributed by atoms with van der Waals surface area (Å²) in [5, 5.41) is 0. The van der Waals surface area contributed by atoms with E-state index in [1.807, 2.05) is 62.4 Å². The summed E-state index contributed by atoms with van der Waals surface area (Å²) in [6.45, 7) is 3.75. The van der Waals surface area contributed by atoms with Crippen LogP contribution in [0.25, 0.3) is 11.1 Å². The van der Waals surface area contributed by atoms with E-state index in [0.29, 0.717) is 5.56 Å². The van der Waals surface area contributed by atoms with E-state index in [0.717, 1.165) is 11.1 Å². The zero-order valence-electron chi connectivity index (χ0n) is 13.7. The number of hydrogen-bond donors (Lipinski definition) is 1. The third-order valence-corrected chi connectivity index (χ3v) is 3.90. The summed E-state index contributed by atoms with van der Waals surface area (Å²) < 4.78 is 0. The number of hydrogen-bond acceptors (Lipinski definition) is 2. The van der Waals surface area contributed by atoms with Crippen molar-refractivity contribution >= 4 is 11.8 Å². The molecule has 0 unspecified atom stereocenters. The van der Waals surface area contributed by atoms with E-state index in [9.17, 15) is 9.59 Å². The summed E-state index contributed by atoms with van der Waals surface area (Å²) >= 11 is 0. The van der Waals surface area contributed by atoms with Crippen LogP contribution in [-0.2, 0) is 4.79 Å². The lowest BCUT2D eigenvalue weighted by Gasteiger charge is -2.29. The molecule has 0 saturated carbocycles. The lowest BCUT2D eigenvalue weighted by molar-refractivity contribution is -0.123. The molecule has 2 aromatic rings. The van der Waals surface area contributed by atoms with E-state index in [1.165, 1.54) is 4.90 Å². The Balaban J connectivity index is 2.43. The number of rotatable bonds is 5. The van der Waals surface area contributed by atoms with Gasteiger partial charge in [-0.1, -0.05) is 62.4 Å². The number of carbonyl (C=O) groups is 2. The molecule has 2 N–H and O–H groups in total. The number of likely N-dealkylation sites (N-methyl/N-ethyl adjacent to an activating group) is 1. The van der Waals surface area contributed by atoms with Gasteiger partial charge in [-0.25, -0.2) is 0 Å². The van der Waals surface area contributed by atoms with Crippen molar-refractivity contribution in [3.8, 4) is 11.1 Å². The molecule has 120 valence electrons. The summed E-state index contributed by atoms with van der Waals surface area (Å²) in [7, 11) is 1.62. The lowest BCUT2D eigenvalue weighted by atomic mass is 9.97. The van der Waals surface area contributed by atoms with Crippen LogP contribution >= 0.6 is 0 Å². The molecule has 2 amide bonds. The maximum Gasteiger partial charge on any atom is 0.254 e. The van der Waals surface area contributed by atoms with Crippen molar-refractivity contribution in [1.29, 1.82) is 0 Å². The maximum atomic E-state index is 12.9. The molecule has 23 heavy (non-hydrogen) atoms. The van der Waals surface area contributed by atoms with Crippen LogP contribution in [0.3, 0.4) is 0 Å². The summed E-state index contributed by atoms with van der Waals surface area (Å²) in [5.74, 6) is -0.750. The van der Waals surface area contributed by atoms with Crippen LogP contribution < -0.4 is 5.73 Å². The average molecular weight is 310 g/mol. The highest BCUT2D eigenvalue weighted by atomic mass is 16.2. The Bertz CT molecular complexity index is 696. The fraction of sp³-hybridized carbons (Fsp3) is 0.263. The second-order valence-corrected chi connectivity index (χ2v) is 5.92. The van der Waals surface area contributed by atoms with Gasteiger partial charge < -0.3 is 10.6 Å². The highest BCUT2D eigenvalue weighted by Gasteiger charge is 2.29. The van der Waals surface area contributed by atoms with Crippen LogP contribution in [0.5, 0.6) is 0 Å². The SMILES string of the molecule is CC(C)[C@@H](C(N)=O)N(C)C(=O)c1ccccc1-c1ccccc1. The molecule has 0 aliphatic carbocycles. The third kappa shape index (κ3) is 3.59. The molecule has 0 bridgehead atoms. The third-order valence-electron chi connectivity index (χ3n) is 3.90. The number of nitrogens with zero attached hydrogens (tertiary/aromatic N) is 1. The fourth-order valence-corrected chi connectivity index (χ4v) is 2.82. The predicted octanol–water partition coefficient (Wildman–Crippen LogP) is 2.94. The molecule has 4 nitrogen and oxygen atoms in total. The predicted molar refractivity (Wildman–Crippen MR) is 91.8 cm³/mol. The van der Waals surface area contributed by atoms with Crippen molar-refractivity contribution in [2.45, 2.75) is 19.9 Å². The lowest BCUT2D eigenvalue weighted by Crippen LogP contribution is -2.48. The van der Waals surface area contributed by atoms with Crippen LogP contribution in [0.1, 0.15) is 24.2 Å². The molecular weight excluding hydrogens is 288 g/mol. The quantitative estimate of drug-likeness (QED) is 0.923. The van der Waals surface area contributed by atoms with E-state index in [1.54, 1.807) is 13.1 Å². The molecule has 0 saturated heterocycles.